The number of carbonyl (C=O) groups excluding carboxylic acids is 1. The Bertz CT molecular complexity index is 1420. The Morgan fingerprint density at radius 1 is 0.970 bits per heavy atom. The molecule has 9 heteroatoms. The topological polar surface area (TPSA) is 98.5 Å². The molecule has 6 rings (SSSR count). The van der Waals surface area contributed by atoms with Gasteiger partial charge >= 0.3 is 0 Å². The van der Waals surface area contributed by atoms with E-state index in [4.69, 9.17) is 0 Å². The van der Waals surface area contributed by atoms with E-state index in [0.29, 0.717) is 5.56 Å². The van der Waals surface area contributed by atoms with Crippen molar-refractivity contribution in [3.05, 3.63) is 84.0 Å². The summed E-state index contributed by atoms with van der Waals surface area (Å²) in [6, 6.07) is 13.5. The maximum absolute atomic E-state index is 13.0. The van der Waals surface area contributed by atoms with Crippen LogP contribution in [-0.4, -0.2) is 41.7 Å². The number of benzene rings is 1. The Kier molecular flexibility index (Phi) is 4.88. The van der Waals surface area contributed by atoms with Crippen molar-refractivity contribution in [2.45, 2.75) is 24.8 Å². The van der Waals surface area contributed by atoms with Crippen LogP contribution in [-0.2, 0) is 0 Å². The van der Waals surface area contributed by atoms with E-state index in [9.17, 15) is 4.79 Å². The number of thiazole rings is 1. The van der Waals surface area contributed by atoms with Gasteiger partial charge in [-0.3, -0.25) is 19.3 Å². The zero-order valence-corrected chi connectivity index (χ0v) is 18.3. The molecule has 1 fully saturated rings. The summed E-state index contributed by atoms with van der Waals surface area (Å²) in [4.78, 5) is 25.9. The lowest BCUT2D eigenvalue weighted by atomic mass is 9.79. The summed E-state index contributed by atoms with van der Waals surface area (Å²) in [5.41, 5.74) is 2.27. The zero-order valence-electron chi connectivity index (χ0n) is 17.5. The number of hydrogen-bond donors (Lipinski definition) is 1. The Morgan fingerprint density at radius 2 is 1.82 bits per heavy atom. The van der Waals surface area contributed by atoms with Crippen LogP contribution in [0.4, 0.5) is 0 Å². The third-order valence-corrected chi connectivity index (χ3v) is 6.72. The molecule has 1 aromatic carbocycles. The molecule has 1 aliphatic rings. The molecule has 8 nitrogen and oxygen atoms in total. The van der Waals surface area contributed by atoms with Gasteiger partial charge in [-0.2, -0.15) is 0 Å². The third-order valence-electron chi connectivity index (χ3n) is 5.95. The standard InChI is InChI=1S/C24H19N7OS/c32-23(19-5-1-3-15-4-2-8-26-20(15)19)28-17-13-16(14-17)21-29-30-22(24-27-11-12-33-24)31(21)18-6-9-25-10-7-18/h1-12,16-17H,13-14H2,(H,28,32)/t16-,17-. The molecule has 0 spiro atoms. The highest BCUT2D eigenvalue weighted by Crippen LogP contribution is 2.39. The maximum Gasteiger partial charge on any atom is 0.253 e. The predicted octanol–water partition coefficient (Wildman–Crippen LogP) is 4.01. The van der Waals surface area contributed by atoms with Gasteiger partial charge in [-0.05, 0) is 37.1 Å². The summed E-state index contributed by atoms with van der Waals surface area (Å²) in [6.45, 7) is 0. The molecule has 0 saturated heterocycles. The number of nitrogens with zero attached hydrogens (tertiary/aromatic N) is 6. The number of para-hydroxylation sites is 1. The second kappa shape index (κ2) is 8.18. The van der Waals surface area contributed by atoms with E-state index >= 15 is 0 Å². The first-order valence-electron chi connectivity index (χ1n) is 10.7. The fraction of sp³-hybridized carbons (Fsp3) is 0.167. The molecule has 162 valence electrons. The average Bonchev–Trinajstić information content (AvgIpc) is 3.51. The van der Waals surface area contributed by atoms with E-state index in [1.54, 1.807) is 24.8 Å². The number of aromatic nitrogens is 6. The predicted molar refractivity (Wildman–Crippen MR) is 125 cm³/mol. The highest BCUT2D eigenvalue weighted by molar-refractivity contribution is 7.13. The van der Waals surface area contributed by atoms with Crippen molar-refractivity contribution in [3.63, 3.8) is 0 Å². The minimum Gasteiger partial charge on any atom is -0.349 e. The van der Waals surface area contributed by atoms with Gasteiger partial charge in [0, 0.05) is 47.5 Å². The van der Waals surface area contributed by atoms with Crippen LogP contribution in [0.5, 0.6) is 0 Å². The smallest absolute Gasteiger partial charge is 0.253 e. The summed E-state index contributed by atoms with van der Waals surface area (Å²) in [5.74, 6) is 1.70. The molecule has 1 aliphatic carbocycles. The van der Waals surface area contributed by atoms with Crippen LogP contribution in [0.25, 0.3) is 27.4 Å². The van der Waals surface area contributed by atoms with E-state index in [0.717, 1.165) is 46.1 Å². The Morgan fingerprint density at radius 3 is 2.64 bits per heavy atom. The SMILES string of the molecule is O=C(N[C@H]1C[C@H](c2nnc(-c3nccs3)n2-c2ccncc2)C1)c1cccc2cccnc12. The van der Waals surface area contributed by atoms with E-state index in [2.05, 4.69) is 35.0 Å². The molecule has 0 bridgehead atoms. The second-order valence-electron chi connectivity index (χ2n) is 7.98. The van der Waals surface area contributed by atoms with Crippen molar-refractivity contribution in [2.24, 2.45) is 0 Å². The molecule has 0 atom stereocenters. The molecule has 1 N–H and O–H groups in total. The van der Waals surface area contributed by atoms with Gasteiger partial charge in [0.15, 0.2) is 10.8 Å². The number of pyridine rings is 2. The number of hydrogen-bond acceptors (Lipinski definition) is 7. The molecule has 5 aromatic rings. The van der Waals surface area contributed by atoms with E-state index in [-0.39, 0.29) is 17.9 Å². The number of fused-ring (bicyclic) bond motifs is 1. The first-order valence-corrected chi connectivity index (χ1v) is 11.6. The van der Waals surface area contributed by atoms with E-state index < -0.39 is 0 Å². The number of rotatable bonds is 5. The Balaban J connectivity index is 1.23. The van der Waals surface area contributed by atoms with Crippen molar-refractivity contribution >= 4 is 28.1 Å². The molecule has 4 aromatic heterocycles. The van der Waals surface area contributed by atoms with Gasteiger partial charge < -0.3 is 5.32 Å². The van der Waals surface area contributed by atoms with Crippen molar-refractivity contribution < 1.29 is 4.79 Å². The van der Waals surface area contributed by atoms with Crippen LogP contribution in [0.2, 0.25) is 0 Å². The molecule has 0 radical (unpaired) electrons. The summed E-state index contributed by atoms with van der Waals surface area (Å²) in [7, 11) is 0. The Labute approximate surface area is 193 Å². The van der Waals surface area contributed by atoms with Crippen LogP contribution in [0, 0.1) is 0 Å². The number of amides is 1. The third kappa shape index (κ3) is 3.56. The Hall–Kier alpha value is -3.98. The normalized spacial score (nSPS) is 17.6. The van der Waals surface area contributed by atoms with Gasteiger partial charge in [-0.1, -0.05) is 18.2 Å². The summed E-state index contributed by atoms with van der Waals surface area (Å²) < 4.78 is 2.05. The summed E-state index contributed by atoms with van der Waals surface area (Å²) >= 11 is 1.53. The first kappa shape index (κ1) is 19.7. The molecule has 4 heterocycles. The molecule has 0 aliphatic heterocycles. The molecule has 1 amide bonds. The van der Waals surface area contributed by atoms with Gasteiger partial charge in [-0.25, -0.2) is 4.98 Å². The van der Waals surface area contributed by atoms with Crippen LogP contribution in [0.15, 0.2) is 72.6 Å². The fourth-order valence-electron chi connectivity index (χ4n) is 4.28. The fourth-order valence-corrected chi connectivity index (χ4v) is 4.89. The van der Waals surface area contributed by atoms with Crippen LogP contribution < -0.4 is 5.32 Å². The van der Waals surface area contributed by atoms with Crippen molar-refractivity contribution in [1.82, 2.24) is 35.0 Å². The van der Waals surface area contributed by atoms with Gasteiger partial charge in [0.1, 0.15) is 5.82 Å². The molecule has 33 heavy (non-hydrogen) atoms. The minimum atomic E-state index is -0.0955. The summed E-state index contributed by atoms with van der Waals surface area (Å²) in [5, 5.41) is 15.8. The molecule has 1 saturated carbocycles. The number of carbonyl (C=O) groups is 1. The van der Waals surface area contributed by atoms with Crippen molar-refractivity contribution in [2.75, 3.05) is 0 Å². The van der Waals surface area contributed by atoms with Gasteiger partial charge in [0.05, 0.1) is 16.8 Å². The van der Waals surface area contributed by atoms with Crippen molar-refractivity contribution in [3.8, 4) is 16.5 Å². The quantitative estimate of drug-likeness (QED) is 0.432. The molecular formula is C24H19N7OS. The summed E-state index contributed by atoms with van der Waals surface area (Å²) in [6.07, 6.45) is 8.59. The van der Waals surface area contributed by atoms with Crippen molar-refractivity contribution in [1.29, 1.82) is 0 Å². The zero-order chi connectivity index (χ0) is 22.2. The lowest BCUT2D eigenvalue weighted by Gasteiger charge is -2.35. The van der Waals surface area contributed by atoms with Gasteiger partial charge in [-0.15, -0.1) is 21.5 Å². The molecule has 0 unspecified atom stereocenters. The highest BCUT2D eigenvalue weighted by Gasteiger charge is 2.36. The first-order chi connectivity index (χ1) is 16.3. The monoisotopic (exact) mass is 453 g/mol. The van der Waals surface area contributed by atoms with Crippen LogP contribution >= 0.6 is 11.3 Å². The average molecular weight is 454 g/mol. The largest absolute Gasteiger partial charge is 0.349 e. The van der Waals surface area contributed by atoms with Gasteiger partial charge in [0.25, 0.3) is 5.91 Å². The van der Waals surface area contributed by atoms with Crippen LogP contribution in [0.1, 0.15) is 34.9 Å². The minimum absolute atomic E-state index is 0.0763. The lowest BCUT2D eigenvalue weighted by Crippen LogP contribution is -2.44. The van der Waals surface area contributed by atoms with E-state index in [1.807, 2.05) is 47.8 Å². The van der Waals surface area contributed by atoms with E-state index in [1.165, 1.54) is 11.3 Å². The highest BCUT2D eigenvalue weighted by atomic mass is 32.1. The molecular weight excluding hydrogens is 434 g/mol. The second-order valence-corrected chi connectivity index (χ2v) is 8.87. The number of nitrogens with one attached hydrogen (secondary N) is 1. The van der Waals surface area contributed by atoms with Gasteiger partial charge in [0.2, 0.25) is 0 Å². The maximum atomic E-state index is 13.0. The van der Waals surface area contributed by atoms with Crippen LogP contribution in [0.3, 0.4) is 0 Å². The lowest BCUT2D eigenvalue weighted by molar-refractivity contribution is 0.0908.